The molecule has 0 aliphatic rings. The maximum absolute atomic E-state index is 8.74. The predicted octanol–water partition coefficient (Wildman–Crippen LogP) is 6.48. The van der Waals surface area contributed by atoms with Crippen molar-refractivity contribution in [3.05, 3.63) is 0 Å². The van der Waals surface area contributed by atoms with Crippen LogP contribution in [0.15, 0.2) is 0 Å². The molecule has 0 aliphatic heterocycles. The van der Waals surface area contributed by atoms with Crippen molar-refractivity contribution in [2.75, 3.05) is 0 Å². The molecule has 0 atom stereocenters. The van der Waals surface area contributed by atoms with Crippen LogP contribution in [0.4, 0.5) is 0 Å². The monoisotopic (exact) mass is 336 g/mol. The molecule has 0 aromatic rings. The molecule has 136 valence electrons. The fraction of sp³-hybridized carbons (Fsp3) is 1.00. The van der Waals surface area contributed by atoms with Gasteiger partial charge in [-0.05, 0) is 5.92 Å². The molecule has 0 bridgehead atoms. The van der Waals surface area contributed by atoms with E-state index in [1.807, 2.05) is 0 Å². The smallest absolute Gasteiger partial charge is 0.314 e. The summed E-state index contributed by atoms with van der Waals surface area (Å²) in [5.41, 5.74) is 0. The molecule has 0 aromatic heterocycles. The Morgan fingerprint density at radius 2 is 0.955 bits per heavy atom. The van der Waals surface area contributed by atoms with E-state index in [1.165, 1.54) is 89.9 Å². The standard InChI is InChI=1S/C18H38.H3O3P/c1-4-7-10-11-12-13-14-17-18(15-8-5-2)16-9-6-3;1-4(2)3/h18H,4-17H2,1-3H3;4H,(H2,1,2,3). The lowest BCUT2D eigenvalue weighted by Gasteiger charge is -2.16. The highest BCUT2D eigenvalue weighted by atomic mass is 31.1. The van der Waals surface area contributed by atoms with Gasteiger partial charge in [-0.25, -0.2) is 0 Å². The number of rotatable bonds is 14. The van der Waals surface area contributed by atoms with Crippen LogP contribution in [0.2, 0.25) is 0 Å². The summed E-state index contributed by atoms with van der Waals surface area (Å²) in [6.07, 6.45) is 20.3. The van der Waals surface area contributed by atoms with Gasteiger partial charge in [-0.1, -0.05) is 111 Å². The molecule has 0 radical (unpaired) electrons. The van der Waals surface area contributed by atoms with Crippen molar-refractivity contribution in [1.82, 2.24) is 0 Å². The SMILES string of the molecule is CCCCCCCCCC(CCCC)CCCC.O=[PH](O)O. The van der Waals surface area contributed by atoms with E-state index in [0.717, 1.165) is 5.92 Å². The Morgan fingerprint density at radius 3 is 1.36 bits per heavy atom. The Labute approximate surface area is 139 Å². The molecule has 22 heavy (non-hydrogen) atoms. The summed E-state index contributed by atoms with van der Waals surface area (Å²) >= 11 is 0. The highest BCUT2D eigenvalue weighted by Crippen LogP contribution is 2.23. The van der Waals surface area contributed by atoms with E-state index in [2.05, 4.69) is 20.8 Å². The van der Waals surface area contributed by atoms with Crippen LogP contribution in [-0.2, 0) is 4.57 Å². The quantitative estimate of drug-likeness (QED) is 0.282. The number of unbranched alkanes of at least 4 members (excludes halogenated alkanes) is 8. The summed E-state index contributed by atoms with van der Waals surface area (Å²) in [4.78, 5) is 14.3. The Kier molecular flexibility index (Phi) is 23.5. The molecule has 0 fully saturated rings. The third-order valence-corrected chi connectivity index (χ3v) is 4.15. The lowest BCUT2D eigenvalue weighted by Crippen LogP contribution is -2.01. The Balaban J connectivity index is 0. The van der Waals surface area contributed by atoms with Gasteiger partial charge in [0.2, 0.25) is 0 Å². The molecule has 0 saturated carbocycles. The van der Waals surface area contributed by atoms with Crippen molar-refractivity contribution in [3.63, 3.8) is 0 Å². The third kappa shape index (κ3) is 25.1. The highest BCUT2D eigenvalue weighted by Gasteiger charge is 2.07. The van der Waals surface area contributed by atoms with Crippen molar-refractivity contribution >= 4 is 8.25 Å². The zero-order chi connectivity index (χ0) is 17.1. The van der Waals surface area contributed by atoms with E-state index in [0.29, 0.717) is 0 Å². The van der Waals surface area contributed by atoms with E-state index < -0.39 is 8.25 Å². The minimum absolute atomic E-state index is 1.04. The summed E-state index contributed by atoms with van der Waals surface area (Å²) in [6, 6.07) is 0. The summed E-state index contributed by atoms with van der Waals surface area (Å²) < 4.78 is 8.74. The van der Waals surface area contributed by atoms with Crippen molar-refractivity contribution in [2.45, 2.75) is 111 Å². The fourth-order valence-corrected chi connectivity index (χ4v) is 2.81. The van der Waals surface area contributed by atoms with Gasteiger partial charge in [0.1, 0.15) is 0 Å². The molecule has 0 unspecified atom stereocenters. The minimum atomic E-state index is -3.13. The lowest BCUT2D eigenvalue weighted by atomic mass is 9.90. The van der Waals surface area contributed by atoms with Crippen molar-refractivity contribution < 1.29 is 14.4 Å². The van der Waals surface area contributed by atoms with Gasteiger partial charge < -0.3 is 9.79 Å². The van der Waals surface area contributed by atoms with Gasteiger partial charge >= 0.3 is 8.25 Å². The topological polar surface area (TPSA) is 57.5 Å². The summed E-state index contributed by atoms with van der Waals surface area (Å²) in [6.45, 7) is 6.95. The van der Waals surface area contributed by atoms with Crippen molar-refractivity contribution in [2.24, 2.45) is 5.92 Å². The van der Waals surface area contributed by atoms with E-state index in [-0.39, 0.29) is 0 Å². The van der Waals surface area contributed by atoms with E-state index in [9.17, 15) is 0 Å². The largest absolute Gasteiger partial charge is 0.326 e. The number of hydrogen-bond donors (Lipinski definition) is 2. The first kappa shape index (κ1) is 24.4. The maximum atomic E-state index is 8.74. The molecule has 0 aromatic carbocycles. The third-order valence-electron chi connectivity index (χ3n) is 4.15. The molecule has 3 nitrogen and oxygen atoms in total. The van der Waals surface area contributed by atoms with E-state index >= 15 is 0 Å². The molecule has 0 heterocycles. The average molecular weight is 336 g/mol. The van der Waals surface area contributed by atoms with Crippen molar-refractivity contribution in [1.29, 1.82) is 0 Å². The van der Waals surface area contributed by atoms with Crippen LogP contribution in [0.5, 0.6) is 0 Å². The van der Waals surface area contributed by atoms with E-state index in [4.69, 9.17) is 14.4 Å². The zero-order valence-corrected chi connectivity index (χ0v) is 16.3. The second-order valence-corrected chi connectivity index (χ2v) is 6.91. The predicted molar refractivity (Wildman–Crippen MR) is 98.6 cm³/mol. The second-order valence-electron chi connectivity index (χ2n) is 6.34. The lowest BCUT2D eigenvalue weighted by molar-refractivity contribution is 0.376. The molecular formula is C18H41O3P. The van der Waals surface area contributed by atoms with Crippen LogP contribution in [0.3, 0.4) is 0 Å². The normalized spacial score (nSPS) is 10.9. The average Bonchev–Trinajstić information content (AvgIpc) is 2.47. The molecule has 2 N–H and O–H groups in total. The number of hydrogen-bond acceptors (Lipinski definition) is 1. The van der Waals surface area contributed by atoms with Crippen LogP contribution >= 0.6 is 8.25 Å². The molecule has 0 spiro atoms. The summed E-state index contributed by atoms with van der Waals surface area (Å²) in [7, 11) is -3.13. The zero-order valence-electron chi connectivity index (χ0n) is 15.3. The molecule has 0 rings (SSSR count). The molecule has 0 aliphatic carbocycles. The van der Waals surface area contributed by atoms with Gasteiger partial charge in [0.05, 0.1) is 0 Å². The molecular weight excluding hydrogens is 295 g/mol. The first-order chi connectivity index (χ1) is 10.6. The van der Waals surface area contributed by atoms with Crippen LogP contribution in [0.25, 0.3) is 0 Å². The molecule has 4 heteroatoms. The van der Waals surface area contributed by atoms with Crippen LogP contribution in [0, 0.1) is 5.92 Å². The van der Waals surface area contributed by atoms with Gasteiger partial charge in [0, 0.05) is 0 Å². The second kappa shape index (κ2) is 21.1. The van der Waals surface area contributed by atoms with Crippen molar-refractivity contribution in [3.8, 4) is 0 Å². The van der Waals surface area contributed by atoms with E-state index in [1.54, 1.807) is 0 Å². The molecule has 0 saturated heterocycles. The van der Waals surface area contributed by atoms with Gasteiger partial charge in [-0.3, -0.25) is 4.57 Å². The van der Waals surface area contributed by atoms with Crippen LogP contribution in [-0.4, -0.2) is 9.79 Å². The van der Waals surface area contributed by atoms with Gasteiger partial charge in [0.15, 0.2) is 0 Å². The first-order valence-electron chi connectivity index (χ1n) is 9.50. The highest BCUT2D eigenvalue weighted by molar-refractivity contribution is 7.30. The Hall–Kier alpha value is 0.150. The Morgan fingerprint density at radius 1 is 0.636 bits per heavy atom. The minimum Gasteiger partial charge on any atom is -0.326 e. The summed E-state index contributed by atoms with van der Waals surface area (Å²) in [5, 5.41) is 0. The Bertz CT molecular complexity index is 210. The first-order valence-corrected chi connectivity index (χ1v) is 10.8. The van der Waals surface area contributed by atoms with Gasteiger partial charge in [-0.2, -0.15) is 0 Å². The van der Waals surface area contributed by atoms with Crippen LogP contribution < -0.4 is 0 Å². The molecule has 0 amide bonds. The van der Waals surface area contributed by atoms with Crippen LogP contribution in [0.1, 0.15) is 111 Å². The maximum Gasteiger partial charge on any atom is 0.314 e. The van der Waals surface area contributed by atoms with Gasteiger partial charge in [0.25, 0.3) is 0 Å². The summed E-state index contributed by atoms with van der Waals surface area (Å²) in [5.74, 6) is 1.04. The van der Waals surface area contributed by atoms with Gasteiger partial charge in [-0.15, -0.1) is 0 Å². The fourth-order valence-electron chi connectivity index (χ4n) is 2.81.